The number of aliphatic hydroxyl groups is 1. The molecule has 0 fully saturated rings. The van der Waals surface area contributed by atoms with E-state index >= 15 is 0 Å². The normalized spacial score (nSPS) is 10.1. The minimum absolute atomic E-state index is 0.0209. The highest BCUT2D eigenvalue weighted by Gasteiger charge is 2.04. The lowest BCUT2D eigenvalue weighted by Gasteiger charge is -1.99. The monoisotopic (exact) mass is 199 g/mol. The third kappa shape index (κ3) is 3.53. The second kappa shape index (κ2) is 5.33. The molecule has 1 amide bonds. The summed E-state index contributed by atoms with van der Waals surface area (Å²) in [5, 5.41) is 14.7. The van der Waals surface area contributed by atoms with Crippen molar-refractivity contribution in [3.05, 3.63) is 11.7 Å². The maximum atomic E-state index is 11.1. The molecule has 14 heavy (non-hydrogen) atoms. The van der Waals surface area contributed by atoms with E-state index in [2.05, 4.69) is 15.5 Å². The summed E-state index contributed by atoms with van der Waals surface area (Å²) in [6.45, 7) is 1.97. The number of rotatable bonds is 5. The van der Waals surface area contributed by atoms with Gasteiger partial charge in [0.25, 0.3) is 0 Å². The van der Waals surface area contributed by atoms with Gasteiger partial charge in [-0.3, -0.25) is 4.79 Å². The van der Waals surface area contributed by atoms with Crippen molar-refractivity contribution in [2.45, 2.75) is 26.3 Å². The molecule has 0 unspecified atom stereocenters. The van der Waals surface area contributed by atoms with Crippen molar-refractivity contribution in [3.63, 3.8) is 0 Å². The van der Waals surface area contributed by atoms with E-state index in [0.717, 1.165) is 0 Å². The predicted octanol–water partition coefficient (Wildman–Crippen LogP) is -0.233. The molecule has 0 spiro atoms. The fourth-order valence-electron chi connectivity index (χ4n) is 0.914. The predicted molar refractivity (Wildman–Crippen MR) is 47.2 cm³/mol. The summed E-state index contributed by atoms with van der Waals surface area (Å²) < 4.78 is 4.79. The number of carbonyl (C=O) groups is 1. The summed E-state index contributed by atoms with van der Waals surface area (Å²) in [6, 6.07) is 0. The molecule has 6 heteroatoms. The van der Waals surface area contributed by atoms with Crippen LogP contribution >= 0.6 is 0 Å². The third-order valence-electron chi connectivity index (χ3n) is 1.57. The molecular weight excluding hydrogens is 186 g/mol. The summed E-state index contributed by atoms with van der Waals surface area (Å²) in [7, 11) is 0. The highest BCUT2D eigenvalue weighted by atomic mass is 16.5. The smallest absolute Gasteiger partial charge is 0.246 e. The van der Waals surface area contributed by atoms with Gasteiger partial charge in [-0.15, -0.1) is 0 Å². The molecule has 0 aliphatic carbocycles. The molecule has 1 aromatic heterocycles. The van der Waals surface area contributed by atoms with Crippen LogP contribution in [0.5, 0.6) is 0 Å². The molecule has 0 aliphatic rings. The third-order valence-corrected chi connectivity index (χ3v) is 1.57. The molecule has 0 aromatic carbocycles. The fourth-order valence-corrected chi connectivity index (χ4v) is 0.914. The van der Waals surface area contributed by atoms with Crippen LogP contribution in [0.4, 0.5) is 0 Å². The summed E-state index contributed by atoms with van der Waals surface area (Å²) in [5.41, 5.74) is 0. The highest BCUT2D eigenvalue weighted by Crippen LogP contribution is 1.95. The highest BCUT2D eigenvalue weighted by molar-refractivity contribution is 5.75. The van der Waals surface area contributed by atoms with Crippen LogP contribution in [-0.4, -0.2) is 27.8 Å². The SMILES string of the molecule is Cc1noc(CNC(=O)CCCO)n1. The van der Waals surface area contributed by atoms with Crippen LogP contribution in [0.2, 0.25) is 0 Å². The lowest BCUT2D eigenvalue weighted by atomic mass is 10.3. The topological polar surface area (TPSA) is 88.2 Å². The Morgan fingerprint density at radius 3 is 3.00 bits per heavy atom. The molecular formula is C8H13N3O3. The van der Waals surface area contributed by atoms with Gasteiger partial charge in [0.2, 0.25) is 11.8 Å². The number of carbonyl (C=O) groups excluding carboxylic acids is 1. The molecule has 0 saturated heterocycles. The molecule has 6 nitrogen and oxygen atoms in total. The molecule has 0 atom stereocenters. The summed E-state index contributed by atoms with van der Waals surface area (Å²) in [4.78, 5) is 15.0. The minimum atomic E-state index is -0.130. The van der Waals surface area contributed by atoms with E-state index in [1.165, 1.54) is 0 Å². The van der Waals surface area contributed by atoms with Gasteiger partial charge < -0.3 is 14.9 Å². The van der Waals surface area contributed by atoms with E-state index < -0.39 is 0 Å². The number of aliphatic hydroxyl groups excluding tert-OH is 1. The van der Waals surface area contributed by atoms with Gasteiger partial charge in [0.1, 0.15) is 0 Å². The van der Waals surface area contributed by atoms with Crippen LogP contribution in [0.1, 0.15) is 24.6 Å². The van der Waals surface area contributed by atoms with Crippen molar-refractivity contribution in [1.82, 2.24) is 15.5 Å². The van der Waals surface area contributed by atoms with Gasteiger partial charge in [0.05, 0.1) is 6.54 Å². The van der Waals surface area contributed by atoms with Gasteiger partial charge in [-0.2, -0.15) is 4.98 Å². The average molecular weight is 199 g/mol. The summed E-state index contributed by atoms with van der Waals surface area (Å²) in [6.07, 6.45) is 0.776. The fraction of sp³-hybridized carbons (Fsp3) is 0.625. The summed E-state index contributed by atoms with van der Waals surface area (Å²) >= 11 is 0. The number of nitrogens with zero attached hydrogens (tertiary/aromatic N) is 2. The van der Waals surface area contributed by atoms with Crippen molar-refractivity contribution in [2.75, 3.05) is 6.61 Å². The second-order valence-corrected chi connectivity index (χ2v) is 2.84. The number of nitrogens with one attached hydrogen (secondary N) is 1. The van der Waals surface area contributed by atoms with E-state index in [1.54, 1.807) is 6.92 Å². The Morgan fingerprint density at radius 1 is 1.64 bits per heavy atom. The van der Waals surface area contributed by atoms with Crippen molar-refractivity contribution < 1.29 is 14.4 Å². The Labute approximate surface area is 81.3 Å². The number of hydrogen-bond acceptors (Lipinski definition) is 5. The summed E-state index contributed by atoms with van der Waals surface area (Å²) in [5.74, 6) is 0.805. The van der Waals surface area contributed by atoms with Crippen LogP contribution in [-0.2, 0) is 11.3 Å². The van der Waals surface area contributed by atoms with Crippen molar-refractivity contribution in [2.24, 2.45) is 0 Å². The number of hydrogen-bond donors (Lipinski definition) is 2. The number of aromatic nitrogens is 2. The van der Waals surface area contributed by atoms with Gasteiger partial charge in [-0.25, -0.2) is 0 Å². The molecule has 1 heterocycles. The number of amides is 1. The molecule has 0 saturated carbocycles. The average Bonchev–Trinajstić information content (AvgIpc) is 2.58. The Hall–Kier alpha value is -1.43. The van der Waals surface area contributed by atoms with Crippen molar-refractivity contribution in [3.8, 4) is 0 Å². The zero-order valence-corrected chi connectivity index (χ0v) is 7.99. The molecule has 1 aromatic rings. The zero-order chi connectivity index (χ0) is 10.4. The van der Waals surface area contributed by atoms with E-state index in [1.807, 2.05) is 0 Å². The first kappa shape index (κ1) is 10.6. The first-order valence-corrected chi connectivity index (χ1v) is 4.39. The van der Waals surface area contributed by atoms with Gasteiger partial charge in [0.15, 0.2) is 5.82 Å². The first-order chi connectivity index (χ1) is 6.72. The van der Waals surface area contributed by atoms with E-state index in [-0.39, 0.29) is 19.1 Å². The van der Waals surface area contributed by atoms with E-state index in [0.29, 0.717) is 24.6 Å². The molecule has 78 valence electrons. The lowest BCUT2D eigenvalue weighted by molar-refractivity contribution is -0.121. The maximum Gasteiger partial charge on any atom is 0.246 e. The number of aryl methyl sites for hydroxylation is 1. The molecule has 0 bridgehead atoms. The molecule has 1 rings (SSSR count). The zero-order valence-electron chi connectivity index (χ0n) is 7.99. The first-order valence-electron chi connectivity index (χ1n) is 4.39. The lowest BCUT2D eigenvalue weighted by Crippen LogP contribution is -2.22. The van der Waals surface area contributed by atoms with Gasteiger partial charge in [0, 0.05) is 13.0 Å². The van der Waals surface area contributed by atoms with Crippen LogP contribution in [0, 0.1) is 6.92 Å². The Morgan fingerprint density at radius 2 is 2.43 bits per heavy atom. The van der Waals surface area contributed by atoms with E-state index in [9.17, 15) is 4.79 Å². The van der Waals surface area contributed by atoms with Crippen molar-refractivity contribution in [1.29, 1.82) is 0 Å². The van der Waals surface area contributed by atoms with Gasteiger partial charge >= 0.3 is 0 Å². The van der Waals surface area contributed by atoms with Crippen LogP contribution in [0.25, 0.3) is 0 Å². The maximum absolute atomic E-state index is 11.1. The van der Waals surface area contributed by atoms with E-state index in [4.69, 9.17) is 9.63 Å². The second-order valence-electron chi connectivity index (χ2n) is 2.84. The quantitative estimate of drug-likeness (QED) is 0.683. The minimum Gasteiger partial charge on any atom is -0.396 e. The molecule has 2 N–H and O–H groups in total. The largest absolute Gasteiger partial charge is 0.396 e. The Balaban J connectivity index is 2.23. The van der Waals surface area contributed by atoms with Crippen LogP contribution in [0.15, 0.2) is 4.52 Å². The van der Waals surface area contributed by atoms with Gasteiger partial charge in [-0.1, -0.05) is 5.16 Å². The molecule has 0 radical (unpaired) electrons. The Kier molecular flexibility index (Phi) is 4.06. The Bertz CT molecular complexity index is 298. The van der Waals surface area contributed by atoms with Crippen LogP contribution in [0.3, 0.4) is 0 Å². The standard InChI is InChI=1S/C8H13N3O3/c1-6-10-8(14-11-6)5-9-7(13)3-2-4-12/h12H,2-5H2,1H3,(H,9,13). The van der Waals surface area contributed by atoms with Crippen molar-refractivity contribution >= 4 is 5.91 Å². The van der Waals surface area contributed by atoms with Gasteiger partial charge in [-0.05, 0) is 13.3 Å². The van der Waals surface area contributed by atoms with Crippen LogP contribution < -0.4 is 5.32 Å². The molecule has 0 aliphatic heterocycles.